The van der Waals surface area contributed by atoms with Crippen LogP contribution in [-0.2, 0) is 15.8 Å². The highest BCUT2D eigenvalue weighted by Crippen LogP contribution is 2.12. The third-order valence-electron chi connectivity index (χ3n) is 2.90. The maximum absolute atomic E-state index is 12.2. The Morgan fingerprint density at radius 1 is 1.35 bits per heavy atom. The van der Waals surface area contributed by atoms with E-state index in [1.807, 2.05) is 0 Å². The van der Waals surface area contributed by atoms with Gasteiger partial charge in [-0.1, -0.05) is 43.4 Å². The molecule has 20 heavy (non-hydrogen) atoms. The zero-order valence-electron chi connectivity index (χ0n) is 11.4. The van der Waals surface area contributed by atoms with Crippen LogP contribution in [0, 0.1) is 0 Å². The molecule has 0 aliphatic heterocycles. The molecule has 0 bridgehead atoms. The molecule has 1 aromatic carbocycles. The summed E-state index contributed by atoms with van der Waals surface area (Å²) in [6.45, 7) is 2.49. The molecule has 5 nitrogen and oxygen atoms in total. The number of hydrogen-bond acceptors (Lipinski definition) is 4. The summed E-state index contributed by atoms with van der Waals surface area (Å²) in [5.74, 6) is -0.0656. The zero-order valence-corrected chi connectivity index (χ0v) is 13.1. The van der Waals surface area contributed by atoms with Gasteiger partial charge in [0.05, 0.1) is 5.75 Å². The summed E-state index contributed by atoms with van der Waals surface area (Å²) in [7, 11) is -3.37. The van der Waals surface area contributed by atoms with Crippen LogP contribution in [0.25, 0.3) is 0 Å². The molecule has 0 atom stereocenters. The van der Waals surface area contributed by atoms with Crippen molar-refractivity contribution in [1.29, 1.82) is 0 Å². The molecule has 0 spiro atoms. The van der Waals surface area contributed by atoms with Crippen molar-refractivity contribution in [2.75, 3.05) is 19.7 Å². The van der Waals surface area contributed by atoms with E-state index < -0.39 is 10.0 Å². The molecule has 0 aliphatic rings. The number of nitrogens with two attached hydrogens (primary N) is 1. The second-order valence-electron chi connectivity index (χ2n) is 4.39. The summed E-state index contributed by atoms with van der Waals surface area (Å²) in [4.78, 5) is 0.289. The molecule has 0 saturated carbocycles. The number of aliphatic hydroxyl groups is 1. The predicted molar refractivity (Wildman–Crippen MR) is 83.9 cm³/mol. The van der Waals surface area contributed by atoms with Gasteiger partial charge in [0.2, 0.25) is 10.0 Å². The van der Waals surface area contributed by atoms with Crippen molar-refractivity contribution in [3.63, 3.8) is 0 Å². The van der Waals surface area contributed by atoms with Crippen LogP contribution in [0.3, 0.4) is 0 Å². The standard InChI is InChI=1S/C13H20N2O3S2/c1-2-15(8-3-9-16)20(17,18)10-11-4-6-12(7-5-11)13(14)19/h4-7,16H,2-3,8-10H2,1H3,(H2,14,19). The van der Waals surface area contributed by atoms with Crippen LogP contribution in [0.4, 0.5) is 0 Å². The van der Waals surface area contributed by atoms with Crippen molar-refractivity contribution in [2.24, 2.45) is 5.73 Å². The Bertz CT molecular complexity index is 541. The van der Waals surface area contributed by atoms with Gasteiger partial charge in [-0.25, -0.2) is 12.7 Å². The van der Waals surface area contributed by atoms with Crippen LogP contribution in [0.2, 0.25) is 0 Å². The van der Waals surface area contributed by atoms with Crippen molar-refractivity contribution in [3.05, 3.63) is 35.4 Å². The number of hydrogen-bond donors (Lipinski definition) is 2. The molecule has 0 saturated heterocycles. The van der Waals surface area contributed by atoms with Crippen molar-refractivity contribution in [3.8, 4) is 0 Å². The minimum absolute atomic E-state index is 0.0192. The summed E-state index contributed by atoms with van der Waals surface area (Å²) in [6, 6.07) is 6.87. The van der Waals surface area contributed by atoms with Gasteiger partial charge in [0.25, 0.3) is 0 Å². The molecular formula is C13H20N2O3S2. The maximum Gasteiger partial charge on any atom is 0.218 e. The maximum atomic E-state index is 12.2. The van der Waals surface area contributed by atoms with E-state index in [1.54, 1.807) is 31.2 Å². The third-order valence-corrected chi connectivity index (χ3v) is 5.06. The Balaban J connectivity index is 2.81. The minimum atomic E-state index is -3.37. The lowest BCUT2D eigenvalue weighted by Gasteiger charge is -2.20. The van der Waals surface area contributed by atoms with Crippen molar-refractivity contribution < 1.29 is 13.5 Å². The smallest absolute Gasteiger partial charge is 0.218 e. The molecule has 0 unspecified atom stereocenters. The van der Waals surface area contributed by atoms with Gasteiger partial charge in [0, 0.05) is 25.3 Å². The molecule has 0 aliphatic carbocycles. The van der Waals surface area contributed by atoms with Crippen LogP contribution in [0.5, 0.6) is 0 Å². The molecule has 1 rings (SSSR count). The van der Waals surface area contributed by atoms with Crippen LogP contribution in [0.1, 0.15) is 24.5 Å². The topological polar surface area (TPSA) is 83.6 Å². The van der Waals surface area contributed by atoms with E-state index in [9.17, 15) is 8.42 Å². The van der Waals surface area contributed by atoms with E-state index >= 15 is 0 Å². The molecule has 3 N–H and O–H groups in total. The second kappa shape index (κ2) is 7.68. The second-order valence-corrected chi connectivity index (χ2v) is 6.79. The molecular weight excluding hydrogens is 296 g/mol. The lowest BCUT2D eigenvalue weighted by molar-refractivity contribution is 0.271. The van der Waals surface area contributed by atoms with Crippen LogP contribution in [0.15, 0.2) is 24.3 Å². The highest BCUT2D eigenvalue weighted by molar-refractivity contribution is 7.88. The predicted octanol–water partition coefficient (Wildman–Crippen LogP) is 0.855. The van der Waals surface area contributed by atoms with E-state index in [0.29, 0.717) is 30.6 Å². The summed E-state index contributed by atoms with van der Waals surface area (Å²) >= 11 is 4.85. The lowest BCUT2D eigenvalue weighted by atomic mass is 10.1. The van der Waals surface area contributed by atoms with E-state index in [1.165, 1.54) is 4.31 Å². The molecule has 0 amide bonds. The van der Waals surface area contributed by atoms with Gasteiger partial charge in [-0.15, -0.1) is 0 Å². The molecule has 0 heterocycles. The molecule has 112 valence electrons. The molecule has 0 radical (unpaired) electrons. The first-order valence-corrected chi connectivity index (χ1v) is 8.40. The van der Waals surface area contributed by atoms with E-state index in [4.69, 9.17) is 23.1 Å². The number of rotatable bonds is 8. The van der Waals surface area contributed by atoms with Crippen molar-refractivity contribution >= 4 is 27.2 Å². The normalized spacial score (nSPS) is 11.8. The fourth-order valence-corrected chi connectivity index (χ4v) is 3.54. The van der Waals surface area contributed by atoms with Crippen molar-refractivity contribution in [2.45, 2.75) is 19.1 Å². The highest BCUT2D eigenvalue weighted by Gasteiger charge is 2.20. The van der Waals surface area contributed by atoms with Crippen LogP contribution >= 0.6 is 12.2 Å². The summed E-state index contributed by atoms with van der Waals surface area (Å²) in [5, 5.41) is 8.80. The number of sulfonamides is 1. The quantitative estimate of drug-likeness (QED) is 0.695. The monoisotopic (exact) mass is 316 g/mol. The van der Waals surface area contributed by atoms with Gasteiger partial charge in [-0.2, -0.15) is 0 Å². The Morgan fingerprint density at radius 3 is 2.40 bits per heavy atom. The first-order chi connectivity index (χ1) is 9.40. The van der Waals surface area contributed by atoms with E-state index in [-0.39, 0.29) is 17.3 Å². The van der Waals surface area contributed by atoms with Gasteiger partial charge in [-0.05, 0) is 12.0 Å². The van der Waals surface area contributed by atoms with Crippen molar-refractivity contribution in [1.82, 2.24) is 4.31 Å². The fourth-order valence-electron chi connectivity index (χ4n) is 1.81. The SMILES string of the molecule is CCN(CCCO)S(=O)(=O)Cc1ccc(C(N)=S)cc1. The van der Waals surface area contributed by atoms with Gasteiger partial charge < -0.3 is 10.8 Å². The molecule has 0 fully saturated rings. The van der Waals surface area contributed by atoms with Gasteiger partial charge >= 0.3 is 0 Å². The first-order valence-electron chi connectivity index (χ1n) is 6.38. The summed E-state index contributed by atoms with van der Waals surface area (Å²) in [6.07, 6.45) is 0.438. The number of nitrogens with zero attached hydrogens (tertiary/aromatic N) is 1. The van der Waals surface area contributed by atoms with Crippen LogP contribution in [-0.4, -0.2) is 42.5 Å². The number of benzene rings is 1. The van der Waals surface area contributed by atoms with Gasteiger partial charge in [-0.3, -0.25) is 0 Å². The Hall–Kier alpha value is -1.02. The Labute approximate surface area is 125 Å². The van der Waals surface area contributed by atoms with E-state index in [2.05, 4.69) is 0 Å². The average Bonchev–Trinajstić information content (AvgIpc) is 2.39. The molecule has 7 heteroatoms. The van der Waals surface area contributed by atoms with E-state index in [0.717, 1.165) is 0 Å². The summed E-state index contributed by atoms with van der Waals surface area (Å²) < 4.78 is 25.9. The first kappa shape index (κ1) is 17.0. The zero-order chi connectivity index (χ0) is 15.2. The third kappa shape index (κ3) is 4.82. The van der Waals surface area contributed by atoms with Gasteiger partial charge in [0.1, 0.15) is 4.99 Å². The Morgan fingerprint density at radius 2 is 1.95 bits per heavy atom. The average molecular weight is 316 g/mol. The minimum Gasteiger partial charge on any atom is -0.396 e. The Kier molecular flexibility index (Phi) is 6.54. The lowest BCUT2D eigenvalue weighted by Crippen LogP contribution is -2.33. The number of thiocarbonyl (C=S) groups is 1. The molecule has 0 aromatic heterocycles. The summed E-state index contributed by atoms with van der Waals surface area (Å²) in [5.41, 5.74) is 6.90. The van der Waals surface area contributed by atoms with Crippen LogP contribution < -0.4 is 5.73 Å². The van der Waals surface area contributed by atoms with Gasteiger partial charge in [0.15, 0.2) is 0 Å². The number of aliphatic hydroxyl groups excluding tert-OH is 1. The largest absolute Gasteiger partial charge is 0.396 e. The highest BCUT2D eigenvalue weighted by atomic mass is 32.2. The molecule has 1 aromatic rings. The fraction of sp³-hybridized carbons (Fsp3) is 0.462.